The summed E-state index contributed by atoms with van der Waals surface area (Å²) in [4.78, 5) is 5.90. The third-order valence-electron chi connectivity index (χ3n) is 4.60. The molecular weight excluding hydrogens is 395 g/mol. The van der Waals surface area contributed by atoms with E-state index in [0.717, 1.165) is 11.8 Å². The highest BCUT2D eigenvalue weighted by Gasteiger charge is 2.29. The van der Waals surface area contributed by atoms with E-state index in [0.29, 0.717) is 24.7 Å². The molecule has 8 nitrogen and oxygen atoms in total. The SMILES string of the molecule is O=S(=O)(c1cccc(F)c1)N1CCN(c2ccc(Nc3ccncc3)nn2)CC1. The van der Waals surface area contributed by atoms with Crippen LogP contribution in [-0.4, -0.2) is 54.1 Å². The molecular formula is C19H19FN6O2S. The minimum Gasteiger partial charge on any atom is -0.352 e. The minimum atomic E-state index is -3.72. The molecule has 0 aliphatic carbocycles. The number of rotatable bonds is 5. The lowest BCUT2D eigenvalue weighted by atomic mass is 10.3. The zero-order valence-corrected chi connectivity index (χ0v) is 16.3. The Morgan fingerprint density at radius 2 is 1.69 bits per heavy atom. The van der Waals surface area contributed by atoms with Gasteiger partial charge in [-0.05, 0) is 42.5 Å². The zero-order valence-electron chi connectivity index (χ0n) is 15.4. The predicted molar refractivity (Wildman–Crippen MR) is 107 cm³/mol. The van der Waals surface area contributed by atoms with Crippen LogP contribution in [0.4, 0.5) is 21.7 Å². The smallest absolute Gasteiger partial charge is 0.243 e. The first-order chi connectivity index (χ1) is 14.0. The number of hydrogen-bond donors (Lipinski definition) is 1. The molecule has 1 N–H and O–H groups in total. The molecule has 3 heterocycles. The number of halogens is 1. The van der Waals surface area contributed by atoms with Crippen molar-refractivity contribution in [1.29, 1.82) is 0 Å². The monoisotopic (exact) mass is 414 g/mol. The number of nitrogens with zero attached hydrogens (tertiary/aromatic N) is 5. The first-order valence-corrected chi connectivity index (χ1v) is 10.5. The van der Waals surface area contributed by atoms with Crippen molar-refractivity contribution < 1.29 is 12.8 Å². The summed E-state index contributed by atoms with van der Waals surface area (Å²) >= 11 is 0. The van der Waals surface area contributed by atoms with Gasteiger partial charge in [0.2, 0.25) is 10.0 Å². The van der Waals surface area contributed by atoms with Gasteiger partial charge in [0.15, 0.2) is 11.6 Å². The molecule has 1 fully saturated rings. The summed E-state index contributed by atoms with van der Waals surface area (Å²) in [6.07, 6.45) is 3.36. The molecule has 0 radical (unpaired) electrons. The largest absolute Gasteiger partial charge is 0.352 e. The quantitative estimate of drug-likeness (QED) is 0.685. The fourth-order valence-corrected chi connectivity index (χ4v) is 4.53. The molecule has 3 aromatic rings. The number of nitrogens with one attached hydrogen (secondary N) is 1. The van der Waals surface area contributed by atoms with Crippen LogP contribution in [0.1, 0.15) is 0 Å². The third-order valence-corrected chi connectivity index (χ3v) is 6.49. The summed E-state index contributed by atoms with van der Waals surface area (Å²) in [6.45, 7) is 1.52. The van der Waals surface area contributed by atoms with Crippen molar-refractivity contribution in [2.24, 2.45) is 0 Å². The maximum absolute atomic E-state index is 13.4. The molecule has 2 aromatic heterocycles. The van der Waals surface area contributed by atoms with Gasteiger partial charge in [0.05, 0.1) is 4.90 Å². The zero-order chi connectivity index (χ0) is 20.3. The molecule has 1 aromatic carbocycles. The number of hydrogen-bond acceptors (Lipinski definition) is 7. The highest BCUT2D eigenvalue weighted by atomic mass is 32.2. The van der Waals surface area contributed by atoms with Crippen LogP contribution in [0.25, 0.3) is 0 Å². The second-order valence-corrected chi connectivity index (χ2v) is 8.42. The molecule has 1 aliphatic rings. The maximum Gasteiger partial charge on any atom is 0.243 e. The Morgan fingerprint density at radius 1 is 0.931 bits per heavy atom. The van der Waals surface area contributed by atoms with E-state index in [1.54, 1.807) is 12.4 Å². The van der Waals surface area contributed by atoms with Crippen molar-refractivity contribution in [2.75, 3.05) is 36.4 Å². The van der Waals surface area contributed by atoms with E-state index in [2.05, 4.69) is 20.5 Å². The standard InChI is InChI=1S/C19H19FN6O2S/c20-15-2-1-3-17(14-15)29(27,28)26-12-10-25(11-13-26)19-5-4-18(23-24-19)22-16-6-8-21-9-7-16/h1-9,14H,10-13H2,(H,21,22,23). The van der Waals surface area contributed by atoms with E-state index in [-0.39, 0.29) is 18.0 Å². The molecule has 1 aliphatic heterocycles. The van der Waals surface area contributed by atoms with Gasteiger partial charge in [0, 0.05) is 44.3 Å². The van der Waals surface area contributed by atoms with Crippen molar-refractivity contribution >= 4 is 27.3 Å². The molecule has 1 saturated heterocycles. The molecule has 29 heavy (non-hydrogen) atoms. The summed E-state index contributed by atoms with van der Waals surface area (Å²) in [6, 6.07) is 12.4. The van der Waals surface area contributed by atoms with Gasteiger partial charge in [0.1, 0.15) is 5.82 Å². The Labute approximate surface area is 168 Å². The molecule has 0 spiro atoms. The van der Waals surface area contributed by atoms with Gasteiger partial charge in [-0.1, -0.05) is 6.07 Å². The molecule has 10 heteroatoms. The van der Waals surface area contributed by atoms with Crippen molar-refractivity contribution in [3.63, 3.8) is 0 Å². The average Bonchev–Trinajstić information content (AvgIpc) is 2.75. The van der Waals surface area contributed by atoms with Gasteiger partial charge in [-0.15, -0.1) is 10.2 Å². The lowest BCUT2D eigenvalue weighted by Gasteiger charge is -2.34. The summed E-state index contributed by atoms with van der Waals surface area (Å²) in [5, 5.41) is 11.5. The van der Waals surface area contributed by atoms with Crippen LogP contribution in [0, 0.1) is 5.82 Å². The van der Waals surface area contributed by atoms with Gasteiger partial charge in [-0.3, -0.25) is 4.98 Å². The Balaban J connectivity index is 1.39. The Hall–Kier alpha value is -3.11. The summed E-state index contributed by atoms with van der Waals surface area (Å²) in [7, 11) is -3.72. The van der Waals surface area contributed by atoms with E-state index in [1.165, 1.54) is 22.5 Å². The lowest BCUT2D eigenvalue weighted by Crippen LogP contribution is -2.49. The van der Waals surface area contributed by atoms with Crippen LogP contribution in [0.5, 0.6) is 0 Å². The fraction of sp³-hybridized carbons (Fsp3) is 0.211. The molecule has 0 atom stereocenters. The summed E-state index contributed by atoms with van der Waals surface area (Å²) in [5.41, 5.74) is 0.859. The van der Waals surface area contributed by atoms with Crippen molar-refractivity contribution in [1.82, 2.24) is 19.5 Å². The van der Waals surface area contributed by atoms with Crippen LogP contribution in [0.2, 0.25) is 0 Å². The second-order valence-electron chi connectivity index (χ2n) is 6.49. The molecule has 4 rings (SSSR count). The highest BCUT2D eigenvalue weighted by molar-refractivity contribution is 7.89. The van der Waals surface area contributed by atoms with Crippen molar-refractivity contribution in [2.45, 2.75) is 4.90 Å². The Bertz CT molecular complexity index is 1070. The molecule has 0 unspecified atom stereocenters. The number of aromatic nitrogens is 3. The number of anilines is 3. The van der Waals surface area contributed by atoms with Crippen LogP contribution >= 0.6 is 0 Å². The molecule has 150 valence electrons. The Kier molecular flexibility index (Phi) is 5.36. The Morgan fingerprint density at radius 3 is 2.34 bits per heavy atom. The van der Waals surface area contributed by atoms with Crippen LogP contribution < -0.4 is 10.2 Å². The highest BCUT2D eigenvalue weighted by Crippen LogP contribution is 2.21. The first kappa shape index (κ1) is 19.2. The molecule has 0 saturated carbocycles. The van der Waals surface area contributed by atoms with Gasteiger partial charge in [-0.2, -0.15) is 4.31 Å². The van der Waals surface area contributed by atoms with Gasteiger partial charge in [-0.25, -0.2) is 12.8 Å². The van der Waals surface area contributed by atoms with Crippen LogP contribution in [-0.2, 0) is 10.0 Å². The van der Waals surface area contributed by atoms with Crippen LogP contribution in [0.3, 0.4) is 0 Å². The lowest BCUT2D eigenvalue weighted by molar-refractivity contribution is 0.383. The predicted octanol–water partition coefficient (Wildman–Crippen LogP) is 2.27. The summed E-state index contributed by atoms with van der Waals surface area (Å²) < 4.78 is 40.2. The average molecular weight is 414 g/mol. The van der Waals surface area contributed by atoms with E-state index in [9.17, 15) is 12.8 Å². The normalized spacial score (nSPS) is 15.3. The molecule has 0 bridgehead atoms. The summed E-state index contributed by atoms with van der Waals surface area (Å²) in [5.74, 6) is 0.709. The van der Waals surface area contributed by atoms with Gasteiger partial charge < -0.3 is 10.2 Å². The number of benzene rings is 1. The molecule has 0 amide bonds. The maximum atomic E-state index is 13.4. The van der Waals surface area contributed by atoms with Gasteiger partial charge in [0.25, 0.3) is 0 Å². The number of sulfonamides is 1. The van der Waals surface area contributed by atoms with E-state index in [4.69, 9.17) is 0 Å². The van der Waals surface area contributed by atoms with Crippen LogP contribution in [0.15, 0.2) is 65.8 Å². The number of piperazine rings is 1. The van der Waals surface area contributed by atoms with E-state index in [1.807, 2.05) is 29.2 Å². The second kappa shape index (κ2) is 8.10. The third kappa shape index (κ3) is 4.33. The first-order valence-electron chi connectivity index (χ1n) is 9.04. The topological polar surface area (TPSA) is 91.3 Å². The van der Waals surface area contributed by atoms with Gasteiger partial charge >= 0.3 is 0 Å². The van der Waals surface area contributed by atoms with Crippen molar-refractivity contribution in [3.8, 4) is 0 Å². The fourth-order valence-electron chi connectivity index (χ4n) is 3.08. The number of pyridine rings is 1. The van der Waals surface area contributed by atoms with Crippen molar-refractivity contribution in [3.05, 3.63) is 66.7 Å². The van der Waals surface area contributed by atoms with E-state index < -0.39 is 15.8 Å². The minimum absolute atomic E-state index is 0.0303. The van der Waals surface area contributed by atoms with E-state index >= 15 is 0 Å².